The Morgan fingerprint density at radius 2 is 2.21 bits per heavy atom. The van der Waals surface area contributed by atoms with Crippen LogP contribution in [0.4, 0.5) is 19.0 Å². The molecule has 0 radical (unpaired) electrons. The van der Waals surface area contributed by atoms with Gasteiger partial charge in [0.15, 0.2) is 5.82 Å². The number of carbonyl (C=O) groups excluding carboxylic acids is 1. The highest BCUT2D eigenvalue weighted by Gasteiger charge is 2.43. The molecule has 0 aliphatic heterocycles. The topological polar surface area (TPSA) is 57.8 Å². The van der Waals surface area contributed by atoms with Gasteiger partial charge >= 0.3 is 6.18 Å². The molecule has 1 heterocycles. The van der Waals surface area contributed by atoms with E-state index >= 15 is 0 Å². The van der Waals surface area contributed by atoms with Crippen molar-refractivity contribution in [3.05, 3.63) is 11.8 Å². The predicted molar refractivity (Wildman–Crippen MR) is 63.5 cm³/mol. The first-order chi connectivity index (χ1) is 8.86. The number of hydrogen-bond acceptors (Lipinski definition) is 2. The molecule has 0 aromatic carbocycles. The standard InChI is InChI=1S/C12H16F3N3O/c1-7-5-10(18-17-7)16-11(19)8-3-2-4-9(6-8)12(13,14)15/h5,8-9H,2-4,6H2,1H3,(H2,16,17,18,19). The van der Waals surface area contributed by atoms with Gasteiger partial charge in [-0.2, -0.15) is 18.3 Å². The Morgan fingerprint density at radius 1 is 1.47 bits per heavy atom. The number of hydrogen-bond donors (Lipinski definition) is 2. The lowest BCUT2D eigenvalue weighted by molar-refractivity contribution is -0.185. The molecule has 106 valence electrons. The SMILES string of the molecule is Cc1cc(NC(=O)C2CCCC(C(F)(F)F)C2)n[nH]1. The van der Waals surface area contributed by atoms with Crippen LogP contribution in [0.25, 0.3) is 0 Å². The number of H-pyrrole nitrogens is 1. The molecule has 1 aliphatic rings. The van der Waals surface area contributed by atoms with Crippen molar-refractivity contribution >= 4 is 11.7 Å². The Balaban J connectivity index is 1.95. The number of carbonyl (C=O) groups is 1. The van der Waals surface area contributed by atoms with Gasteiger partial charge < -0.3 is 5.32 Å². The van der Waals surface area contributed by atoms with Gasteiger partial charge in [-0.1, -0.05) is 6.42 Å². The number of aromatic nitrogens is 2. The normalized spacial score (nSPS) is 24.2. The van der Waals surface area contributed by atoms with E-state index in [1.807, 2.05) is 0 Å². The highest BCUT2D eigenvalue weighted by molar-refractivity contribution is 5.91. The molecule has 0 spiro atoms. The third-order valence-electron chi connectivity index (χ3n) is 3.47. The van der Waals surface area contributed by atoms with Crippen molar-refractivity contribution < 1.29 is 18.0 Å². The van der Waals surface area contributed by atoms with E-state index in [1.165, 1.54) is 0 Å². The van der Waals surface area contributed by atoms with E-state index in [2.05, 4.69) is 15.5 Å². The first-order valence-electron chi connectivity index (χ1n) is 6.26. The van der Waals surface area contributed by atoms with Gasteiger partial charge in [0.1, 0.15) is 0 Å². The van der Waals surface area contributed by atoms with Gasteiger partial charge in [0.05, 0.1) is 5.92 Å². The van der Waals surface area contributed by atoms with E-state index in [-0.39, 0.29) is 18.7 Å². The molecule has 2 unspecified atom stereocenters. The average molecular weight is 275 g/mol. The Morgan fingerprint density at radius 3 is 2.79 bits per heavy atom. The molecule has 4 nitrogen and oxygen atoms in total. The molecule has 1 amide bonds. The summed E-state index contributed by atoms with van der Waals surface area (Å²) in [6.45, 7) is 1.78. The molecular formula is C12H16F3N3O. The van der Waals surface area contributed by atoms with Crippen LogP contribution < -0.4 is 5.32 Å². The number of rotatable bonds is 2. The molecule has 2 N–H and O–H groups in total. The Labute approximate surface area is 108 Å². The first-order valence-corrected chi connectivity index (χ1v) is 6.26. The van der Waals surface area contributed by atoms with Gasteiger partial charge in [-0.25, -0.2) is 0 Å². The molecule has 1 saturated carbocycles. The summed E-state index contributed by atoms with van der Waals surface area (Å²) in [5.74, 6) is -1.97. The zero-order chi connectivity index (χ0) is 14.0. The van der Waals surface area contributed by atoms with Crippen LogP contribution in [0, 0.1) is 18.8 Å². The Hall–Kier alpha value is -1.53. The lowest BCUT2D eigenvalue weighted by Crippen LogP contribution is -2.34. The predicted octanol–water partition coefficient (Wildman–Crippen LogP) is 3.03. The maximum Gasteiger partial charge on any atom is 0.391 e. The Kier molecular flexibility index (Phi) is 3.82. The van der Waals surface area contributed by atoms with Crippen LogP contribution in [0.5, 0.6) is 0 Å². The van der Waals surface area contributed by atoms with Gasteiger partial charge in [-0.3, -0.25) is 9.89 Å². The van der Waals surface area contributed by atoms with E-state index in [1.54, 1.807) is 13.0 Å². The second kappa shape index (κ2) is 5.22. The molecule has 1 aliphatic carbocycles. The Bertz CT molecular complexity index is 455. The average Bonchev–Trinajstić information content (AvgIpc) is 2.74. The van der Waals surface area contributed by atoms with Crippen LogP contribution in [-0.2, 0) is 4.79 Å². The maximum atomic E-state index is 12.7. The van der Waals surface area contributed by atoms with E-state index < -0.39 is 18.0 Å². The summed E-state index contributed by atoms with van der Waals surface area (Å²) in [6, 6.07) is 1.64. The minimum atomic E-state index is -4.21. The summed E-state index contributed by atoms with van der Waals surface area (Å²) in [6.07, 6.45) is -3.28. The van der Waals surface area contributed by atoms with Crippen LogP contribution in [0.1, 0.15) is 31.4 Å². The van der Waals surface area contributed by atoms with Crippen molar-refractivity contribution in [3.8, 4) is 0 Å². The largest absolute Gasteiger partial charge is 0.391 e. The monoisotopic (exact) mass is 275 g/mol. The number of alkyl halides is 3. The van der Waals surface area contributed by atoms with Crippen LogP contribution in [0.15, 0.2) is 6.07 Å². The van der Waals surface area contributed by atoms with Gasteiger partial charge in [0, 0.05) is 17.7 Å². The molecule has 0 bridgehead atoms. The lowest BCUT2D eigenvalue weighted by Gasteiger charge is -2.29. The van der Waals surface area contributed by atoms with E-state index in [4.69, 9.17) is 0 Å². The molecule has 2 rings (SSSR count). The number of anilines is 1. The van der Waals surface area contributed by atoms with Gasteiger partial charge in [-0.15, -0.1) is 0 Å². The molecule has 19 heavy (non-hydrogen) atoms. The zero-order valence-electron chi connectivity index (χ0n) is 10.5. The number of nitrogens with one attached hydrogen (secondary N) is 2. The molecule has 1 aromatic rings. The molecule has 7 heteroatoms. The quantitative estimate of drug-likeness (QED) is 0.871. The number of amides is 1. The fourth-order valence-corrected chi connectivity index (χ4v) is 2.44. The summed E-state index contributed by atoms with van der Waals surface area (Å²) in [7, 11) is 0. The second-order valence-electron chi connectivity index (χ2n) is 5.03. The fraction of sp³-hybridized carbons (Fsp3) is 0.667. The maximum absolute atomic E-state index is 12.7. The first kappa shape index (κ1) is 13.9. The van der Waals surface area contributed by atoms with Gasteiger partial charge in [0.2, 0.25) is 5.91 Å². The highest BCUT2D eigenvalue weighted by atomic mass is 19.4. The van der Waals surface area contributed by atoms with E-state index in [0.717, 1.165) is 5.69 Å². The van der Waals surface area contributed by atoms with Crippen molar-refractivity contribution in [3.63, 3.8) is 0 Å². The minimum absolute atomic E-state index is 0.120. The zero-order valence-corrected chi connectivity index (χ0v) is 10.5. The van der Waals surface area contributed by atoms with E-state index in [0.29, 0.717) is 18.7 Å². The van der Waals surface area contributed by atoms with Crippen molar-refractivity contribution in [2.24, 2.45) is 11.8 Å². The highest BCUT2D eigenvalue weighted by Crippen LogP contribution is 2.40. The molecule has 1 fully saturated rings. The minimum Gasteiger partial charge on any atom is -0.309 e. The van der Waals surface area contributed by atoms with Gasteiger partial charge in [-0.05, 0) is 26.2 Å². The van der Waals surface area contributed by atoms with Crippen molar-refractivity contribution in [1.29, 1.82) is 0 Å². The number of aromatic amines is 1. The third-order valence-corrected chi connectivity index (χ3v) is 3.47. The van der Waals surface area contributed by atoms with Crippen molar-refractivity contribution in [2.75, 3.05) is 5.32 Å². The number of aryl methyl sites for hydroxylation is 1. The molecular weight excluding hydrogens is 259 g/mol. The summed E-state index contributed by atoms with van der Waals surface area (Å²) >= 11 is 0. The number of halogens is 3. The van der Waals surface area contributed by atoms with Crippen LogP contribution >= 0.6 is 0 Å². The van der Waals surface area contributed by atoms with Crippen molar-refractivity contribution in [2.45, 2.75) is 38.8 Å². The summed E-state index contributed by atoms with van der Waals surface area (Å²) in [5.41, 5.74) is 0.784. The van der Waals surface area contributed by atoms with Crippen LogP contribution in [0.2, 0.25) is 0 Å². The fourth-order valence-electron chi connectivity index (χ4n) is 2.44. The second-order valence-corrected chi connectivity index (χ2v) is 5.03. The van der Waals surface area contributed by atoms with Gasteiger partial charge in [0.25, 0.3) is 0 Å². The molecule has 0 saturated heterocycles. The summed E-state index contributed by atoms with van der Waals surface area (Å²) < 4.78 is 38.0. The smallest absolute Gasteiger partial charge is 0.309 e. The molecule has 1 aromatic heterocycles. The summed E-state index contributed by atoms with van der Waals surface area (Å²) in [5, 5.41) is 9.06. The number of nitrogens with zero attached hydrogens (tertiary/aromatic N) is 1. The van der Waals surface area contributed by atoms with Crippen LogP contribution in [0.3, 0.4) is 0 Å². The molecule has 2 atom stereocenters. The lowest BCUT2D eigenvalue weighted by atomic mass is 9.80. The third kappa shape index (κ3) is 3.48. The summed E-state index contributed by atoms with van der Waals surface area (Å²) in [4.78, 5) is 11.9. The van der Waals surface area contributed by atoms with Crippen LogP contribution in [-0.4, -0.2) is 22.3 Å². The van der Waals surface area contributed by atoms with E-state index in [9.17, 15) is 18.0 Å². The van der Waals surface area contributed by atoms with Crippen molar-refractivity contribution in [1.82, 2.24) is 10.2 Å².